The first-order chi connectivity index (χ1) is 10.9. The van der Waals surface area contributed by atoms with Crippen LogP contribution in [0.1, 0.15) is 12.8 Å². The molecule has 1 aliphatic heterocycles. The lowest BCUT2D eigenvalue weighted by molar-refractivity contribution is -0.0194. The molecule has 3 rings (SSSR count). The van der Waals surface area contributed by atoms with Crippen molar-refractivity contribution < 1.29 is 18.3 Å². The van der Waals surface area contributed by atoms with E-state index in [9.17, 15) is 13.5 Å². The highest BCUT2D eigenvalue weighted by Crippen LogP contribution is 2.31. The molecule has 1 saturated heterocycles. The van der Waals surface area contributed by atoms with Crippen molar-refractivity contribution in [2.24, 2.45) is 7.05 Å². The van der Waals surface area contributed by atoms with Gasteiger partial charge < -0.3 is 14.4 Å². The van der Waals surface area contributed by atoms with Crippen molar-refractivity contribution in [2.45, 2.75) is 36.1 Å². The van der Waals surface area contributed by atoms with Crippen molar-refractivity contribution in [3.63, 3.8) is 0 Å². The van der Waals surface area contributed by atoms with E-state index in [0.717, 1.165) is 19.5 Å². The van der Waals surface area contributed by atoms with Crippen LogP contribution in [0.15, 0.2) is 17.6 Å². The molecule has 130 valence electrons. The SMILES string of the molecule is CN([C@@H]1CC[C@@H](N2CCOCC2)[C@@H]1O)S(=O)(=O)c1cn(C)cn1. The number of sulfonamides is 1. The minimum absolute atomic E-state index is 0.00900. The van der Waals surface area contributed by atoms with Gasteiger partial charge in [-0.05, 0) is 12.8 Å². The second-order valence-electron chi connectivity index (χ2n) is 6.25. The molecule has 2 heterocycles. The molecule has 0 unspecified atom stereocenters. The van der Waals surface area contributed by atoms with Crippen LogP contribution in [0.2, 0.25) is 0 Å². The molecule has 0 amide bonds. The maximum Gasteiger partial charge on any atom is 0.262 e. The number of aliphatic hydroxyl groups is 1. The van der Waals surface area contributed by atoms with Gasteiger partial charge >= 0.3 is 0 Å². The van der Waals surface area contributed by atoms with Crippen molar-refractivity contribution in [2.75, 3.05) is 33.4 Å². The van der Waals surface area contributed by atoms with Crippen LogP contribution in [0.25, 0.3) is 0 Å². The van der Waals surface area contributed by atoms with Gasteiger partial charge in [-0.25, -0.2) is 13.4 Å². The molecule has 8 nitrogen and oxygen atoms in total. The van der Waals surface area contributed by atoms with E-state index in [1.165, 1.54) is 23.9 Å². The molecule has 0 bridgehead atoms. The summed E-state index contributed by atoms with van der Waals surface area (Å²) in [6, 6.07) is -0.430. The Hall–Kier alpha value is -1.00. The van der Waals surface area contributed by atoms with E-state index in [1.807, 2.05) is 0 Å². The van der Waals surface area contributed by atoms with Gasteiger partial charge in [-0.1, -0.05) is 0 Å². The van der Waals surface area contributed by atoms with Crippen LogP contribution < -0.4 is 0 Å². The summed E-state index contributed by atoms with van der Waals surface area (Å²) in [7, 11) is -0.436. The Kier molecular flexibility index (Phi) is 4.75. The average Bonchev–Trinajstić information content (AvgIpc) is 3.14. The molecule has 0 spiro atoms. The minimum Gasteiger partial charge on any atom is -0.390 e. The number of ether oxygens (including phenoxy) is 1. The lowest BCUT2D eigenvalue weighted by atomic mass is 10.1. The predicted molar refractivity (Wildman–Crippen MR) is 83.4 cm³/mol. The molecule has 0 aromatic carbocycles. The van der Waals surface area contributed by atoms with Gasteiger partial charge in [0.25, 0.3) is 10.0 Å². The molecule has 2 aliphatic rings. The molecular formula is C14H24N4O4S. The van der Waals surface area contributed by atoms with E-state index in [0.29, 0.717) is 19.6 Å². The summed E-state index contributed by atoms with van der Waals surface area (Å²) in [5, 5.41) is 10.7. The lowest BCUT2D eigenvalue weighted by Crippen LogP contribution is -2.51. The van der Waals surface area contributed by atoms with E-state index in [-0.39, 0.29) is 11.1 Å². The number of imidazole rings is 1. The molecule has 1 saturated carbocycles. The van der Waals surface area contributed by atoms with Crippen LogP contribution in [-0.4, -0.2) is 83.8 Å². The first kappa shape index (κ1) is 16.8. The monoisotopic (exact) mass is 344 g/mol. The molecule has 23 heavy (non-hydrogen) atoms. The van der Waals surface area contributed by atoms with Crippen molar-refractivity contribution >= 4 is 10.0 Å². The zero-order chi connectivity index (χ0) is 16.6. The molecule has 1 aromatic rings. The summed E-state index contributed by atoms with van der Waals surface area (Å²) in [6.45, 7) is 2.89. The Morgan fingerprint density at radius 2 is 2.04 bits per heavy atom. The standard InChI is InChI=1S/C14H24N4O4S/c1-16-9-13(15-10-16)23(20,21)17(2)11-3-4-12(14(11)19)18-5-7-22-8-6-18/h9-12,14,19H,3-8H2,1-2H3/t11-,12-,14-/m1/s1. The summed E-state index contributed by atoms with van der Waals surface area (Å²) >= 11 is 0. The number of hydrogen-bond acceptors (Lipinski definition) is 6. The summed E-state index contributed by atoms with van der Waals surface area (Å²) in [4.78, 5) is 6.14. The summed E-state index contributed by atoms with van der Waals surface area (Å²) in [6.07, 6.45) is 3.67. The zero-order valence-corrected chi connectivity index (χ0v) is 14.3. The molecule has 9 heteroatoms. The van der Waals surface area contributed by atoms with Crippen LogP contribution in [-0.2, 0) is 21.8 Å². The van der Waals surface area contributed by atoms with E-state index >= 15 is 0 Å². The van der Waals surface area contributed by atoms with Gasteiger partial charge in [0, 0.05) is 39.4 Å². The molecule has 0 radical (unpaired) electrons. The van der Waals surface area contributed by atoms with Crippen LogP contribution in [0.5, 0.6) is 0 Å². The number of aliphatic hydroxyl groups excluding tert-OH is 1. The third-order valence-corrected chi connectivity index (χ3v) is 6.62. The third-order valence-electron chi connectivity index (χ3n) is 4.85. The van der Waals surface area contributed by atoms with Crippen molar-refractivity contribution in [1.29, 1.82) is 0 Å². The highest BCUT2D eigenvalue weighted by molar-refractivity contribution is 7.89. The van der Waals surface area contributed by atoms with E-state index in [4.69, 9.17) is 4.74 Å². The van der Waals surface area contributed by atoms with Gasteiger partial charge in [0.15, 0.2) is 5.03 Å². The minimum atomic E-state index is -3.69. The zero-order valence-electron chi connectivity index (χ0n) is 13.5. The van der Waals surface area contributed by atoms with E-state index in [2.05, 4.69) is 9.88 Å². The topological polar surface area (TPSA) is 87.9 Å². The van der Waals surface area contributed by atoms with Crippen LogP contribution >= 0.6 is 0 Å². The van der Waals surface area contributed by atoms with E-state index in [1.54, 1.807) is 11.6 Å². The number of hydrogen-bond donors (Lipinski definition) is 1. The summed E-state index contributed by atoms with van der Waals surface area (Å²) < 4.78 is 33.6. The van der Waals surface area contributed by atoms with Crippen LogP contribution in [0.4, 0.5) is 0 Å². The largest absolute Gasteiger partial charge is 0.390 e. The maximum atomic E-state index is 12.7. The number of aryl methyl sites for hydroxylation is 1. The average molecular weight is 344 g/mol. The molecule has 3 atom stereocenters. The normalized spacial score (nSPS) is 30.2. The lowest BCUT2D eigenvalue weighted by Gasteiger charge is -2.35. The van der Waals surface area contributed by atoms with Gasteiger partial charge in [0.2, 0.25) is 0 Å². The molecule has 1 aromatic heterocycles. The van der Waals surface area contributed by atoms with Crippen LogP contribution in [0, 0.1) is 0 Å². The molecule has 1 aliphatic carbocycles. The Morgan fingerprint density at radius 3 is 2.65 bits per heavy atom. The molecular weight excluding hydrogens is 320 g/mol. The Balaban J connectivity index is 1.74. The fourth-order valence-corrected chi connectivity index (χ4v) is 4.85. The Labute approximate surface area is 136 Å². The molecule has 1 N–H and O–H groups in total. The molecule has 2 fully saturated rings. The van der Waals surface area contributed by atoms with Gasteiger partial charge in [-0.15, -0.1) is 0 Å². The number of rotatable bonds is 4. The summed E-state index contributed by atoms with van der Waals surface area (Å²) in [5.74, 6) is 0. The number of likely N-dealkylation sites (N-methyl/N-ethyl adjacent to an activating group) is 1. The second-order valence-corrected chi connectivity index (χ2v) is 8.19. The smallest absolute Gasteiger partial charge is 0.262 e. The number of nitrogens with zero attached hydrogens (tertiary/aromatic N) is 4. The maximum absolute atomic E-state index is 12.7. The first-order valence-electron chi connectivity index (χ1n) is 7.87. The fourth-order valence-electron chi connectivity index (χ4n) is 3.49. The van der Waals surface area contributed by atoms with Gasteiger partial charge in [0.05, 0.1) is 31.7 Å². The van der Waals surface area contributed by atoms with Gasteiger partial charge in [0.1, 0.15) is 0 Å². The van der Waals surface area contributed by atoms with Crippen LogP contribution in [0.3, 0.4) is 0 Å². The predicted octanol–water partition coefficient (Wildman–Crippen LogP) is -0.735. The fraction of sp³-hybridized carbons (Fsp3) is 0.786. The van der Waals surface area contributed by atoms with Crippen molar-refractivity contribution in [3.05, 3.63) is 12.5 Å². The van der Waals surface area contributed by atoms with Crippen molar-refractivity contribution in [3.8, 4) is 0 Å². The quantitative estimate of drug-likeness (QED) is 0.774. The Bertz CT molecular complexity index is 641. The highest BCUT2D eigenvalue weighted by Gasteiger charge is 2.44. The van der Waals surface area contributed by atoms with Crippen molar-refractivity contribution in [1.82, 2.24) is 18.8 Å². The first-order valence-corrected chi connectivity index (χ1v) is 9.31. The third kappa shape index (κ3) is 3.16. The number of aromatic nitrogens is 2. The second kappa shape index (κ2) is 6.48. The summed E-state index contributed by atoms with van der Waals surface area (Å²) in [5.41, 5.74) is 0. The highest BCUT2D eigenvalue weighted by atomic mass is 32.2. The van der Waals surface area contributed by atoms with Gasteiger partial charge in [-0.3, -0.25) is 4.90 Å². The Morgan fingerprint density at radius 1 is 1.35 bits per heavy atom. The number of morpholine rings is 1. The van der Waals surface area contributed by atoms with E-state index < -0.39 is 22.2 Å². The van der Waals surface area contributed by atoms with Gasteiger partial charge in [-0.2, -0.15) is 4.31 Å².